The Bertz CT molecular complexity index is 880. The second kappa shape index (κ2) is 13.8. The van der Waals surface area contributed by atoms with E-state index in [0.717, 1.165) is 62.9 Å². The zero-order valence-electron chi connectivity index (χ0n) is 20.2. The minimum atomic E-state index is -1.45. The van der Waals surface area contributed by atoms with E-state index in [-0.39, 0.29) is 18.1 Å². The normalized spacial score (nSPS) is 19.6. The van der Waals surface area contributed by atoms with Crippen LogP contribution in [0.5, 0.6) is 0 Å². The molecule has 0 saturated heterocycles. The molecule has 0 aromatic heterocycles. The number of ketones is 1. The van der Waals surface area contributed by atoms with Gasteiger partial charge in [0, 0.05) is 18.8 Å². The van der Waals surface area contributed by atoms with Gasteiger partial charge in [0.2, 0.25) is 0 Å². The molecule has 0 amide bonds. The Balaban J connectivity index is 1.51. The lowest BCUT2D eigenvalue weighted by atomic mass is 9.79. The molecular formula is C29H37Cl3O2. The first kappa shape index (κ1) is 27.4. The largest absolute Gasteiger partial charge is 0.498 e. The van der Waals surface area contributed by atoms with Gasteiger partial charge < -0.3 is 4.74 Å². The SMILES string of the molecule is CCCCCOC1=CC=C(C2CC=C(C(=O)CC(CCc3ccccc3)C(Cl)(Cl)Cl)CC2)CC1. The van der Waals surface area contributed by atoms with E-state index in [1.54, 1.807) is 0 Å². The standard InChI is InChI=1S/C29H37Cl3O2/c1-2-3-7-20-34-27-18-15-24(16-19-27)23-11-13-25(14-12-23)28(33)21-26(29(30,31)32)17-10-22-8-5-4-6-9-22/h4-6,8-9,13,15,18,23,26H,2-3,7,10-12,14,16-17,19-21H2,1H3. The highest BCUT2D eigenvalue weighted by molar-refractivity contribution is 6.67. The van der Waals surface area contributed by atoms with Crippen molar-refractivity contribution in [2.45, 2.75) is 81.3 Å². The first-order valence-corrected chi connectivity index (χ1v) is 13.9. The topological polar surface area (TPSA) is 26.3 Å². The summed E-state index contributed by atoms with van der Waals surface area (Å²) in [5, 5.41) is 0. The molecule has 5 heteroatoms. The molecule has 2 nitrogen and oxygen atoms in total. The number of allylic oxidation sites excluding steroid dienone is 6. The van der Waals surface area contributed by atoms with Crippen LogP contribution in [-0.4, -0.2) is 16.2 Å². The molecule has 186 valence electrons. The van der Waals surface area contributed by atoms with E-state index in [1.165, 1.54) is 24.0 Å². The molecule has 2 unspecified atom stereocenters. The van der Waals surface area contributed by atoms with Crippen molar-refractivity contribution in [3.05, 3.63) is 71.0 Å². The fraction of sp³-hybridized carbons (Fsp3) is 0.552. The number of ether oxygens (including phenoxy) is 1. The summed E-state index contributed by atoms with van der Waals surface area (Å²) < 4.78 is 4.46. The number of unbranched alkanes of at least 4 members (excludes halogenated alkanes) is 2. The van der Waals surface area contributed by atoms with Gasteiger partial charge in [0.15, 0.2) is 9.58 Å². The fourth-order valence-electron chi connectivity index (χ4n) is 4.80. The molecule has 0 saturated carbocycles. The first-order chi connectivity index (χ1) is 16.4. The van der Waals surface area contributed by atoms with Gasteiger partial charge in [-0.3, -0.25) is 4.79 Å². The lowest BCUT2D eigenvalue weighted by molar-refractivity contribution is -0.116. The summed E-state index contributed by atoms with van der Waals surface area (Å²) in [7, 11) is 0. The van der Waals surface area contributed by atoms with Crippen LogP contribution in [0.25, 0.3) is 0 Å². The number of aryl methyl sites for hydroxylation is 1. The summed E-state index contributed by atoms with van der Waals surface area (Å²) in [5.74, 6) is 1.45. The average Bonchev–Trinajstić information content (AvgIpc) is 2.85. The number of halogens is 3. The van der Waals surface area contributed by atoms with Gasteiger partial charge in [-0.2, -0.15) is 0 Å². The Morgan fingerprint density at radius 2 is 1.88 bits per heavy atom. The molecule has 2 aliphatic carbocycles. The molecule has 0 fully saturated rings. The van der Waals surface area contributed by atoms with Gasteiger partial charge in [-0.1, -0.05) is 103 Å². The number of Topliss-reactive ketones (excluding diaryl/α,β-unsaturated/α-hetero) is 1. The zero-order chi connectivity index (χ0) is 24.4. The maximum Gasteiger partial charge on any atom is 0.193 e. The van der Waals surface area contributed by atoms with Crippen molar-refractivity contribution in [3.63, 3.8) is 0 Å². The van der Waals surface area contributed by atoms with Crippen molar-refractivity contribution in [1.82, 2.24) is 0 Å². The lowest BCUT2D eigenvalue weighted by Gasteiger charge is -2.28. The lowest BCUT2D eigenvalue weighted by Crippen LogP contribution is -2.25. The van der Waals surface area contributed by atoms with Crippen molar-refractivity contribution >= 4 is 40.6 Å². The van der Waals surface area contributed by atoms with Gasteiger partial charge in [0.05, 0.1) is 12.4 Å². The Hall–Kier alpha value is -1.22. The van der Waals surface area contributed by atoms with Gasteiger partial charge in [0.1, 0.15) is 0 Å². The number of hydrogen-bond donors (Lipinski definition) is 0. The number of carbonyl (C=O) groups is 1. The molecule has 0 heterocycles. The van der Waals surface area contributed by atoms with E-state index >= 15 is 0 Å². The number of benzene rings is 1. The summed E-state index contributed by atoms with van der Waals surface area (Å²) in [4.78, 5) is 13.1. The van der Waals surface area contributed by atoms with Crippen LogP contribution in [0.1, 0.15) is 76.7 Å². The zero-order valence-corrected chi connectivity index (χ0v) is 22.5. The summed E-state index contributed by atoms with van der Waals surface area (Å²) >= 11 is 18.8. The third kappa shape index (κ3) is 8.77. The fourth-order valence-corrected chi connectivity index (χ4v) is 5.35. The highest BCUT2D eigenvalue weighted by Gasteiger charge is 2.35. The molecule has 34 heavy (non-hydrogen) atoms. The van der Waals surface area contributed by atoms with Crippen LogP contribution in [0.2, 0.25) is 0 Å². The van der Waals surface area contributed by atoms with Crippen molar-refractivity contribution in [3.8, 4) is 0 Å². The van der Waals surface area contributed by atoms with Crippen molar-refractivity contribution in [1.29, 1.82) is 0 Å². The molecule has 0 aliphatic heterocycles. The van der Waals surface area contributed by atoms with Crippen molar-refractivity contribution in [2.24, 2.45) is 11.8 Å². The van der Waals surface area contributed by atoms with Crippen LogP contribution in [0, 0.1) is 11.8 Å². The molecular weight excluding hydrogens is 487 g/mol. The third-order valence-electron chi connectivity index (χ3n) is 6.99. The Labute approximate surface area is 220 Å². The summed E-state index contributed by atoms with van der Waals surface area (Å²) in [6, 6.07) is 10.1. The second-order valence-corrected chi connectivity index (χ2v) is 11.9. The molecule has 0 radical (unpaired) electrons. The predicted molar refractivity (Wildman–Crippen MR) is 144 cm³/mol. The smallest absolute Gasteiger partial charge is 0.193 e. The molecule has 2 atom stereocenters. The number of alkyl halides is 3. The molecule has 1 aromatic rings. The highest BCUT2D eigenvalue weighted by Crippen LogP contribution is 2.41. The maximum atomic E-state index is 13.1. The monoisotopic (exact) mass is 522 g/mol. The van der Waals surface area contributed by atoms with Crippen LogP contribution in [0.3, 0.4) is 0 Å². The van der Waals surface area contributed by atoms with Gasteiger partial charge >= 0.3 is 0 Å². The van der Waals surface area contributed by atoms with Gasteiger partial charge in [-0.15, -0.1) is 0 Å². The van der Waals surface area contributed by atoms with E-state index in [0.29, 0.717) is 12.3 Å². The van der Waals surface area contributed by atoms with Gasteiger partial charge in [0.25, 0.3) is 0 Å². The Morgan fingerprint density at radius 1 is 1.09 bits per heavy atom. The average molecular weight is 524 g/mol. The number of hydrogen-bond acceptors (Lipinski definition) is 2. The molecule has 0 N–H and O–H groups in total. The minimum absolute atomic E-state index is 0.128. The van der Waals surface area contributed by atoms with Crippen LogP contribution < -0.4 is 0 Å². The van der Waals surface area contributed by atoms with E-state index in [9.17, 15) is 4.79 Å². The van der Waals surface area contributed by atoms with Crippen LogP contribution in [-0.2, 0) is 16.0 Å². The molecule has 2 aliphatic rings. The van der Waals surface area contributed by atoms with E-state index in [1.807, 2.05) is 18.2 Å². The van der Waals surface area contributed by atoms with Gasteiger partial charge in [-0.25, -0.2) is 0 Å². The summed E-state index contributed by atoms with van der Waals surface area (Å²) in [5.41, 5.74) is 3.58. The Kier molecular flexibility index (Phi) is 11.1. The first-order valence-electron chi connectivity index (χ1n) is 12.7. The van der Waals surface area contributed by atoms with Crippen LogP contribution in [0.4, 0.5) is 0 Å². The predicted octanol–water partition coefficient (Wildman–Crippen LogP) is 9.10. The van der Waals surface area contributed by atoms with E-state index < -0.39 is 3.79 Å². The highest BCUT2D eigenvalue weighted by atomic mass is 35.6. The molecule has 0 spiro atoms. The quantitative estimate of drug-likeness (QED) is 0.202. The second-order valence-electron chi connectivity index (χ2n) is 9.52. The molecule has 3 rings (SSSR count). The Morgan fingerprint density at radius 3 is 2.50 bits per heavy atom. The number of carbonyl (C=O) groups excluding carboxylic acids is 1. The van der Waals surface area contributed by atoms with Crippen molar-refractivity contribution in [2.75, 3.05) is 6.61 Å². The number of rotatable bonds is 12. The maximum absolute atomic E-state index is 13.1. The van der Waals surface area contributed by atoms with Gasteiger partial charge in [-0.05, 0) is 68.1 Å². The summed E-state index contributed by atoms with van der Waals surface area (Å²) in [6.07, 6.45) is 16.6. The van der Waals surface area contributed by atoms with Crippen molar-refractivity contribution < 1.29 is 9.53 Å². The third-order valence-corrected chi connectivity index (χ3v) is 7.92. The molecule has 0 bridgehead atoms. The van der Waals surface area contributed by atoms with E-state index in [2.05, 4.69) is 37.3 Å². The van der Waals surface area contributed by atoms with E-state index in [4.69, 9.17) is 39.5 Å². The van der Waals surface area contributed by atoms with Crippen LogP contribution >= 0.6 is 34.8 Å². The minimum Gasteiger partial charge on any atom is -0.498 e. The molecule has 1 aromatic carbocycles. The van der Waals surface area contributed by atoms with Crippen LogP contribution in [0.15, 0.2) is 65.5 Å². The summed E-state index contributed by atoms with van der Waals surface area (Å²) in [6.45, 7) is 3.03.